The summed E-state index contributed by atoms with van der Waals surface area (Å²) in [6, 6.07) is 6.49. The third-order valence-electron chi connectivity index (χ3n) is 1.54. The van der Waals surface area contributed by atoms with Crippen molar-refractivity contribution in [1.82, 2.24) is 0 Å². The molecule has 0 radical (unpaired) electrons. The van der Waals surface area contributed by atoms with E-state index in [0.717, 1.165) is 5.56 Å². The quantitative estimate of drug-likeness (QED) is 0.795. The first kappa shape index (κ1) is 9.92. The Morgan fingerprint density at radius 3 is 2.77 bits per heavy atom. The van der Waals surface area contributed by atoms with E-state index in [9.17, 15) is 9.00 Å². The summed E-state index contributed by atoms with van der Waals surface area (Å²) in [7, 11) is -0.931. The summed E-state index contributed by atoms with van der Waals surface area (Å²) in [5.74, 6) is -0.551. The van der Waals surface area contributed by atoms with Crippen molar-refractivity contribution in [2.75, 3.05) is 6.26 Å². The standard InChI is InChI=1S/C9H10O3S/c1-13(12)6-7-3-2-4-8(5-7)9(10)11/h2-5H,6H2,1H3,(H,10,11)/t13-/m0/s1. The summed E-state index contributed by atoms with van der Waals surface area (Å²) in [5.41, 5.74) is 1.03. The molecule has 0 heterocycles. The largest absolute Gasteiger partial charge is 0.478 e. The second-order valence-corrected chi connectivity index (χ2v) is 4.16. The number of rotatable bonds is 3. The van der Waals surface area contributed by atoms with E-state index in [1.165, 1.54) is 6.07 Å². The normalized spacial score (nSPS) is 12.4. The molecule has 1 aromatic carbocycles. The maximum Gasteiger partial charge on any atom is 0.335 e. The van der Waals surface area contributed by atoms with Gasteiger partial charge in [0, 0.05) is 22.8 Å². The van der Waals surface area contributed by atoms with Gasteiger partial charge >= 0.3 is 5.97 Å². The zero-order chi connectivity index (χ0) is 9.84. The molecular weight excluding hydrogens is 188 g/mol. The highest BCUT2D eigenvalue weighted by molar-refractivity contribution is 7.83. The van der Waals surface area contributed by atoms with E-state index in [2.05, 4.69) is 0 Å². The Labute approximate surface area is 78.9 Å². The molecule has 0 aliphatic carbocycles. The van der Waals surface area contributed by atoms with E-state index >= 15 is 0 Å². The lowest BCUT2D eigenvalue weighted by Gasteiger charge is -1.99. The zero-order valence-corrected chi connectivity index (χ0v) is 8.00. The third kappa shape index (κ3) is 2.99. The van der Waals surface area contributed by atoms with Gasteiger partial charge in [0.25, 0.3) is 0 Å². The van der Waals surface area contributed by atoms with Gasteiger partial charge in [-0.15, -0.1) is 0 Å². The van der Waals surface area contributed by atoms with Crippen molar-refractivity contribution in [1.29, 1.82) is 0 Å². The molecule has 1 atom stereocenters. The fraction of sp³-hybridized carbons (Fsp3) is 0.222. The van der Waals surface area contributed by atoms with Crippen LogP contribution in [0.2, 0.25) is 0 Å². The summed E-state index contributed by atoms with van der Waals surface area (Å²) in [6.07, 6.45) is 1.59. The van der Waals surface area contributed by atoms with Crippen molar-refractivity contribution in [3.05, 3.63) is 35.4 Å². The van der Waals surface area contributed by atoms with Crippen LogP contribution in [0.25, 0.3) is 0 Å². The Bertz CT molecular complexity index is 346. The molecule has 0 bridgehead atoms. The van der Waals surface area contributed by atoms with Crippen LogP contribution in [0, 0.1) is 0 Å². The molecule has 1 rings (SSSR count). The maximum absolute atomic E-state index is 10.9. The highest BCUT2D eigenvalue weighted by Crippen LogP contribution is 2.06. The number of carboxylic acids is 1. The van der Waals surface area contributed by atoms with Gasteiger partial charge in [-0.2, -0.15) is 0 Å². The minimum absolute atomic E-state index is 0.239. The Hall–Kier alpha value is -1.16. The van der Waals surface area contributed by atoms with E-state index in [4.69, 9.17) is 5.11 Å². The van der Waals surface area contributed by atoms with Gasteiger partial charge in [-0.05, 0) is 17.7 Å². The Morgan fingerprint density at radius 1 is 1.54 bits per heavy atom. The fourth-order valence-corrected chi connectivity index (χ4v) is 1.68. The third-order valence-corrected chi connectivity index (χ3v) is 2.28. The lowest BCUT2D eigenvalue weighted by atomic mass is 10.1. The molecule has 0 unspecified atom stereocenters. The molecule has 1 aromatic rings. The molecule has 1 N–H and O–H groups in total. The van der Waals surface area contributed by atoms with Gasteiger partial charge in [0.05, 0.1) is 5.56 Å². The molecule has 0 amide bonds. The number of benzene rings is 1. The highest BCUT2D eigenvalue weighted by atomic mass is 32.2. The smallest absolute Gasteiger partial charge is 0.335 e. The first-order valence-electron chi connectivity index (χ1n) is 3.72. The first-order valence-corrected chi connectivity index (χ1v) is 5.44. The van der Waals surface area contributed by atoms with Crippen molar-refractivity contribution in [3.63, 3.8) is 0 Å². The Kier molecular flexibility index (Phi) is 3.19. The number of aromatic carboxylic acids is 1. The molecule has 70 valence electrons. The van der Waals surface area contributed by atoms with E-state index < -0.39 is 16.8 Å². The molecule has 0 saturated heterocycles. The van der Waals surface area contributed by atoms with Gasteiger partial charge in [0.2, 0.25) is 0 Å². The summed E-state index contributed by atoms with van der Waals surface area (Å²) in [5, 5.41) is 8.67. The molecule has 3 nitrogen and oxygen atoms in total. The molecule has 0 saturated carbocycles. The van der Waals surface area contributed by atoms with Gasteiger partial charge in [0.15, 0.2) is 0 Å². The molecule has 0 aromatic heterocycles. The van der Waals surface area contributed by atoms with Crippen LogP contribution in [0.15, 0.2) is 24.3 Å². The summed E-state index contributed by atoms with van der Waals surface area (Å²) in [4.78, 5) is 10.6. The molecule has 0 aliphatic rings. The lowest BCUT2D eigenvalue weighted by Crippen LogP contribution is -1.98. The molecule has 0 aliphatic heterocycles. The molecule has 0 fully saturated rings. The highest BCUT2D eigenvalue weighted by Gasteiger charge is 2.03. The summed E-state index contributed by atoms with van der Waals surface area (Å²) in [6.45, 7) is 0. The van der Waals surface area contributed by atoms with Gasteiger partial charge < -0.3 is 5.11 Å². The average Bonchev–Trinajstić information content (AvgIpc) is 2.03. The summed E-state index contributed by atoms with van der Waals surface area (Å²) >= 11 is 0. The monoisotopic (exact) mass is 198 g/mol. The Morgan fingerprint density at radius 2 is 2.23 bits per heavy atom. The fourth-order valence-electron chi connectivity index (χ4n) is 1.03. The number of hydrogen-bond acceptors (Lipinski definition) is 2. The van der Waals surface area contributed by atoms with Crippen molar-refractivity contribution >= 4 is 16.8 Å². The van der Waals surface area contributed by atoms with Crippen molar-refractivity contribution in [2.24, 2.45) is 0 Å². The van der Waals surface area contributed by atoms with Crippen LogP contribution in [-0.4, -0.2) is 21.5 Å². The molecular formula is C9H10O3S. The van der Waals surface area contributed by atoms with Crippen LogP contribution in [-0.2, 0) is 16.6 Å². The zero-order valence-electron chi connectivity index (χ0n) is 7.19. The van der Waals surface area contributed by atoms with Crippen molar-refractivity contribution < 1.29 is 14.1 Å². The summed E-state index contributed by atoms with van der Waals surface area (Å²) < 4.78 is 10.9. The van der Waals surface area contributed by atoms with Crippen molar-refractivity contribution in [3.8, 4) is 0 Å². The average molecular weight is 198 g/mol. The van der Waals surface area contributed by atoms with Gasteiger partial charge in [-0.1, -0.05) is 12.1 Å². The first-order chi connectivity index (χ1) is 6.09. The second kappa shape index (κ2) is 4.18. The van der Waals surface area contributed by atoms with Gasteiger partial charge in [0.1, 0.15) is 0 Å². The topological polar surface area (TPSA) is 54.4 Å². The maximum atomic E-state index is 10.9. The van der Waals surface area contributed by atoms with Crippen LogP contribution in [0.5, 0.6) is 0 Å². The van der Waals surface area contributed by atoms with Crippen LogP contribution < -0.4 is 0 Å². The molecule has 13 heavy (non-hydrogen) atoms. The second-order valence-electron chi connectivity index (χ2n) is 2.72. The van der Waals surface area contributed by atoms with Gasteiger partial charge in [-0.25, -0.2) is 4.79 Å². The van der Waals surface area contributed by atoms with E-state index in [1.54, 1.807) is 24.5 Å². The van der Waals surface area contributed by atoms with E-state index in [-0.39, 0.29) is 5.56 Å². The number of carbonyl (C=O) groups is 1. The number of hydrogen-bond donors (Lipinski definition) is 1. The van der Waals surface area contributed by atoms with Crippen LogP contribution in [0.3, 0.4) is 0 Å². The van der Waals surface area contributed by atoms with Gasteiger partial charge in [-0.3, -0.25) is 4.21 Å². The minimum Gasteiger partial charge on any atom is -0.478 e. The molecule has 0 spiro atoms. The minimum atomic E-state index is -0.955. The van der Waals surface area contributed by atoms with E-state index in [1.807, 2.05) is 0 Å². The van der Waals surface area contributed by atoms with Crippen molar-refractivity contribution in [2.45, 2.75) is 5.75 Å². The number of carboxylic acid groups (broad SMARTS) is 1. The van der Waals surface area contributed by atoms with Crippen LogP contribution >= 0.6 is 0 Å². The predicted octanol–water partition coefficient (Wildman–Crippen LogP) is 1.26. The lowest BCUT2D eigenvalue weighted by molar-refractivity contribution is 0.0697. The van der Waals surface area contributed by atoms with Crippen LogP contribution in [0.1, 0.15) is 15.9 Å². The predicted molar refractivity (Wildman–Crippen MR) is 51.2 cm³/mol. The Balaban J connectivity index is 2.91. The SMILES string of the molecule is C[S@](=O)Cc1cccc(C(=O)O)c1. The van der Waals surface area contributed by atoms with Crippen LogP contribution in [0.4, 0.5) is 0 Å². The van der Waals surface area contributed by atoms with E-state index in [0.29, 0.717) is 5.75 Å². The molecule has 4 heteroatoms.